The predicted molar refractivity (Wildman–Crippen MR) is 118 cm³/mol. The molecule has 0 saturated heterocycles. The summed E-state index contributed by atoms with van der Waals surface area (Å²) in [6.45, 7) is 6.85. The van der Waals surface area contributed by atoms with Crippen molar-refractivity contribution in [3.8, 4) is 11.4 Å². The summed E-state index contributed by atoms with van der Waals surface area (Å²) in [5.74, 6) is 4.73. The van der Waals surface area contributed by atoms with Crippen LogP contribution in [-0.4, -0.2) is 14.8 Å². The van der Waals surface area contributed by atoms with Crippen LogP contribution in [0.5, 0.6) is 0 Å². The van der Waals surface area contributed by atoms with E-state index >= 15 is 0 Å². The normalized spacial score (nSPS) is 30.5. The lowest BCUT2D eigenvalue weighted by molar-refractivity contribution is 0.186. The van der Waals surface area contributed by atoms with E-state index in [0.29, 0.717) is 0 Å². The van der Waals surface area contributed by atoms with Crippen LogP contribution in [0.15, 0.2) is 42.5 Å². The fourth-order valence-electron chi connectivity index (χ4n) is 6.83. The van der Waals surface area contributed by atoms with Gasteiger partial charge >= 0.3 is 0 Å². The van der Waals surface area contributed by atoms with Gasteiger partial charge in [-0.25, -0.2) is 9.67 Å². The van der Waals surface area contributed by atoms with Gasteiger partial charge in [0, 0.05) is 12.0 Å². The molecule has 2 atom stereocenters. The van der Waals surface area contributed by atoms with E-state index < -0.39 is 0 Å². The second-order valence-electron chi connectivity index (χ2n) is 11.2. The second kappa shape index (κ2) is 5.93. The predicted octanol–water partition coefficient (Wildman–Crippen LogP) is 6.22. The van der Waals surface area contributed by atoms with Crippen LogP contribution in [0.3, 0.4) is 0 Å². The summed E-state index contributed by atoms with van der Waals surface area (Å²) >= 11 is 0. The minimum Gasteiger partial charge on any atom is -0.239 e. The van der Waals surface area contributed by atoms with Crippen molar-refractivity contribution >= 4 is 10.8 Å². The molecule has 1 aromatic heterocycles. The molecule has 4 bridgehead atoms. The van der Waals surface area contributed by atoms with Gasteiger partial charge in [0.15, 0.2) is 11.6 Å². The van der Waals surface area contributed by atoms with Crippen molar-refractivity contribution in [2.24, 2.45) is 23.2 Å². The molecule has 29 heavy (non-hydrogen) atoms. The van der Waals surface area contributed by atoms with Gasteiger partial charge in [0.25, 0.3) is 0 Å². The van der Waals surface area contributed by atoms with Gasteiger partial charge < -0.3 is 0 Å². The zero-order valence-electron chi connectivity index (χ0n) is 17.9. The molecule has 0 radical (unpaired) electrons. The summed E-state index contributed by atoms with van der Waals surface area (Å²) in [6, 6.07) is 15.4. The molecule has 0 aliphatic heterocycles. The van der Waals surface area contributed by atoms with E-state index in [1.165, 1.54) is 48.4 Å². The first-order valence-corrected chi connectivity index (χ1v) is 11.4. The van der Waals surface area contributed by atoms with E-state index in [4.69, 9.17) is 10.1 Å². The van der Waals surface area contributed by atoms with Crippen LogP contribution in [0.25, 0.3) is 22.2 Å². The Hall–Kier alpha value is -2.16. The van der Waals surface area contributed by atoms with E-state index in [1.807, 2.05) is 0 Å². The zero-order valence-corrected chi connectivity index (χ0v) is 17.9. The molecule has 0 N–H and O–H groups in total. The molecule has 3 aromatic rings. The summed E-state index contributed by atoms with van der Waals surface area (Å²) in [5, 5.41) is 7.80. The molecule has 4 fully saturated rings. The number of hydrogen-bond acceptors (Lipinski definition) is 2. The number of benzene rings is 2. The fraction of sp³-hybridized carbons (Fsp3) is 0.538. The van der Waals surface area contributed by atoms with Gasteiger partial charge in [0.05, 0.1) is 5.54 Å². The summed E-state index contributed by atoms with van der Waals surface area (Å²) in [5.41, 5.74) is 1.63. The Labute approximate surface area is 173 Å². The Morgan fingerprint density at radius 1 is 0.966 bits per heavy atom. The third-order valence-corrected chi connectivity index (χ3v) is 7.72. The van der Waals surface area contributed by atoms with Crippen molar-refractivity contribution in [3.63, 3.8) is 0 Å². The van der Waals surface area contributed by atoms with Crippen molar-refractivity contribution in [1.29, 1.82) is 0 Å². The molecule has 7 rings (SSSR count). The molecular weight excluding hydrogens is 354 g/mol. The quantitative estimate of drug-likeness (QED) is 0.536. The van der Waals surface area contributed by atoms with Gasteiger partial charge in [0.1, 0.15) is 0 Å². The highest BCUT2D eigenvalue weighted by Gasteiger charge is 2.60. The van der Waals surface area contributed by atoms with Crippen molar-refractivity contribution in [2.45, 2.75) is 64.8 Å². The molecule has 2 unspecified atom stereocenters. The summed E-state index contributed by atoms with van der Waals surface area (Å²) in [6.07, 6.45) is 7.81. The molecule has 3 nitrogen and oxygen atoms in total. The largest absolute Gasteiger partial charge is 0.239 e. The molecule has 4 saturated carbocycles. The molecule has 4 aliphatic carbocycles. The molecule has 2 aromatic carbocycles. The lowest BCUT2D eigenvalue weighted by Gasteiger charge is -2.34. The molecule has 1 heterocycles. The van der Waals surface area contributed by atoms with Gasteiger partial charge in [-0.1, -0.05) is 57.2 Å². The minimum absolute atomic E-state index is 0.192. The average Bonchev–Trinajstić information content (AvgIpc) is 3.27. The van der Waals surface area contributed by atoms with Crippen molar-refractivity contribution in [2.75, 3.05) is 0 Å². The number of hydrogen-bond donors (Lipinski definition) is 0. The molecule has 0 spiro atoms. The maximum Gasteiger partial charge on any atom is 0.158 e. The van der Waals surface area contributed by atoms with E-state index in [-0.39, 0.29) is 11.0 Å². The SMILES string of the molecule is CC(C)(C)Cc1nc(-c2ccc3ccccc3c2)n(C23CC4CC(CC2C4)C3)n1. The van der Waals surface area contributed by atoms with Crippen LogP contribution >= 0.6 is 0 Å². The number of rotatable bonds is 3. The van der Waals surface area contributed by atoms with Crippen LogP contribution in [0, 0.1) is 23.2 Å². The third-order valence-electron chi connectivity index (χ3n) is 7.72. The van der Waals surface area contributed by atoms with E-state index in [9.17, 15) is 0 Å². The van der Waals surface area contributed by atoms with E-state index in [2.05, 4.69) is 67.9 Å². The topological polar surface area (TPSA) is 30.7 Å². The summed E-state index contributed by atoms with van der Waals surface area (Å²) < 4.78 is 2.42. The smallest absolute Gasteiger partial charge is 0.158 e. The van der Waals surface area contributed by atoms with Gasteiger partial charge in [-0.3, -0.25) is 0 Å². The van der Waals surface area contributed by atoms with Crippen molar-refractivity contribution < 1.29 is 0 Å². The highest BCUT2D eigenvalue weighted by atomic mass is 15.4. The summed E-state index contributed by atoms with van der Waals surface area (Å²) in [4.78, 5) is 5.16. The van der Waals surface area contributed by atoms with E-state index in [0.717, 1.165) is 35.8 Å². The highest BCUT2D eigenvalue weighted by Crippen LogP contribution is 2.64. The number of aromatic nitrogens is 3. The monoisotopic (exact) mass is 385 g/mol. The van der Waals surface area contributed by atoms with Gasteiger partial charge in [-0.15, -0.1) is 0 Å². The second-order valence-corrected chi connectivity index (χ2v) is 11.2. The van der Waals surface area contributed by atoms with Crippen LogP contribution in [-0.2, 0) is 12.0 Å². The number of nitrogens with zero attached hydrogens (tertiary/aromatic N) is 3. The lowest BCUT2D eigenvalue weighted by atomic mass is 9.80. The molecule has 0 amide bonds. The Bertz CT molecular complexity index is 1070. The number of fused-ring (bicyclic) bond motifs is 1. The standard InChI is InChI=1S/C26H31N3/c1-25(2,3)16-23-27-24(21-9-8-19-6-4-5-7-20(19)13-21)29(28-23)26-14-17-10-18(15-26)12-22(26)11-17/h4-9,13,17-18,22H,10-12,14-16H2,1-3H3. The fourth-order valence-corrected chi connectivity index (χ4v) is 6.83. The maximum atomic E-state index is 5.23. The Morgan fingerprint density at radius 2 is 1.69 bits per heavy atom. The first-order valence-electron chi connectivity index (χ1n) is 11.4. The zero-order chi connectivity index (χ0) is 19.8. The third kappa shape index (κ3) is 2.77. The highest BCUT2D eigenvalue weighted by molar-refractivity contribution is 5.86. The van der Waals surface area contributed by atoms with Gasteiger partial charge in [-0.05, 0) is 72.1 Å². The van der Waals surface area contributed by atoms with Crippen LogP contribution in [0.1, 0.15) is 58.7 Å². The van der Waals surface area contributed by atoms with E-state index in [1.54, 1.807) is 0 Å². The molecule has 150 valence electrons. The van der Waals surface area contributed by atoms with Crippen LogP contribution in [0.4, 0.5) is 0 Å². The van der Waals surface area contributed by atoms with Gasteiger partial charge in [-0.2, -0.15) is 5.10 Å². The van der Waals surface area contributed by atoms with Crippen LogP contribution in [0.2, 0.25) is 0 Å². The minimum atomic E-state index is 0.192. The van der Waals surface area contributed by atoms with Gasteiger partial charge in [0.2, 0.25) is 0 Å². The first kappa shape index (κ1) is 17.7. The molecule has 3 heteroatoms. The Balaban J connectivity index is 1.51. The molecule has 4 aliphatic rings. The first-order chi connectivity index (χ1) is 13.9. The Kier molecular flexibility index (Phi) is 3.62. The average molecular weight is 386 g/mol. The van der Waals surface area contributed by atoms with Crippen molar-refractivity contribution in [1.82, 2.24) is 14.8 Å². The van der Waals surface area contributed by atoms with Crippen molar-refractivity contribution in [3.05, 3.63) is 48.3 Å². The molecular formula is C26H31N3. The Morgan fingerprint density at radius 3 is 2.41 bits per heavy atom. The van der Waals surface area contributed by atoms with Crippen LogP contribution < -0.4 is 0 Å². The maximum absolute atomic E-state index is 5.23. The lowest BCUT2D eigenvalue weighted by Crippen LogP contribution is -2.36. The summed E-state index contributed by atoms with van der Waals surface area (Å²) in [7, 11) is 0.